The van der Waals surface area contributed by atoms with E-state index in [1.54, 1.807) is 0 Å². The van der Waals surface area contributed by atoms with Crippen LogP contribution in [0.1, 0.15) is 12.0 Å². The van der Waals surface area contributed by atoms with Gasteiger partial charge in [-0.2, -0.15) is 0 Å². The van der Waals surface area contributed by atoms with E-state index in [0.717, 1.165) is 41.2 Å². The highest BCUT2D eigenvalue weighted by atomic mass is 127. The Balaban J connectivity index is 2.09. The summed E-state index contributed by atoms with van der Waals surface area (Å²) >= 11 is 2.18. The molecule has 1 aliphatic heterocycles. The molecule has 90 valence electrons. The van der Waals surface area contributed by atoms with E-state index >= 15 is 0 Å². The van der Waals surface area contributed by atoms with Crippen LogP contribution in [0.3, 0.4) is 0 Å². The van der Waals surface area contributed by atoms with Gasteiger partial charge in [0.25, 0.3) is 0 Å². The van der Waals surface area contributed by atoms with Crippen molar-refractivity contribution in [3.05, 3.63) is 27.6 Å². The van der Waals surface area contributed by atoms with Crippen molar-refractivity contribution in [2.75, 3.05) is 13.1 Å². The van der Waals surface area contributed by atoms with Gasteiger partial charge in [0.2, 0.25) is 0 Å². The van der Waals surface area contributed by atoms with Crippen molar-refractivity contribution in [2.45, 2.75) is 13.0 Å². The van der Waals surface area contributed by atoms with Gasteiger partial charge < -0.3 is 10.1 Å². The van der Waals surface area contributed by atoms with Gasteiger partial charge in [-0.15, -0.1) is 0 Å². The SMILES string of the molecule is ON=CC1=NCCCN1Cc1ccc(I)nc1. The lowest BCUT2D eigenvalue weighted by Crippen LogP contribution is -2.36. The first-order valence-corrected chi connectivity index (χ1v) is 6.45. The summed E-state index contributed by atoms with van der Waals surface area (Å²) in [5, 5.41) is 11.6. The standard InChI is InChI=1S/C11H13IN4O/c12-10-3-2-9(6-14-10)8-16-5-1-4-13-11(16)7-15-17/h2-3,6-7,17H,1,4-5,8H2. The van der Waals surface area contributed by atoms with Crippen LogP contribution in [-0.4, -0.2) is 40.2 Å². The highest BCUT2D eigenvalue weighted by Crippen LogP contribution is 2.10. The summed E-state index contributed by atoms with van der Waals surface area (Å²) in [4.78, 5) is 10.7. The Bertz CT molecular complexity index is 430. The molecule has 0 fully saturated rings. The summed E-state index contributed by atoms with van der Waals surface area (Å²) in [7, 11) is 0. The van der Waals surface area contributed by atoms with Crippen LogP contribution in [0.25, 0.3) is 0 Å². The molecule has 1 aromatic heterocycles. The van der Waals surface area contributed by atoms with E-state index in [0.29, 0.717) is 0 Å². The summed E-state index contributed by atoms with van der Waals surface area (Å²) in [6, 6.07) is 4.04. The normalized spacial score (nSPS) is 16.3. The van der Waals surface area contributed by atoms with E-state index in [1.165, 1.54) is 6.21 Å². The lowest BCUT2D eigenvalue weighted by atomic mass is 10.2. The Labute approximate surface area is 113 Å². The number of pyridine rings is 1. The van der Waals surface area contributed by atoms with Crippen LogP contribution in [0.5, 0.6) is 0 Å². The van der Waals surface area contributed by atoms with Gasteiger partial charge >= 0.3 is 0 Å². The maximum atomic E-state index is 8.59. The Kier molecular flexibility index (Phi) is 4.29. The monoisotopic (exact) mass is 344 g/mol. The van der Waals surface area contributed by atoms with Crippen LogP contribution in [0.2, 0.25) is 0 Å². The molecule has 0 aliphatic carbocycles. The number of hydrogen-bond donors (Lipinski definition) is 1. The zero-order chi connectivity index (χ0) is 12.1. The molecular weight excluding hydrogens is 331 g/mol. The highest BCUT2D eigenvalue weighted by molar-refractivity contribution is 14.1. The molecule has 2 rings (SSSR count). The Morgan fingerprint density at radius 1 is 1.53 bits per heavy atom. The fourth-order valence-corrected chi connectivity index (χ4v) is 2.04. The summed E-state index contributed by atoms with van der Waals surface area (Å²) in [5.41, 5.74) is 1.13. The van der Waals surface area contributed by atoms with Crippen LogP contribution >= 0.6 is 22.6 Å². The molecule has 17 heavy (non-hydrogen) atoms. The minimum absolute atomic E-state index is 0.734. The maximum Gasteiger partial charge on any atom is 0.146 e. The molecule has 2 heterocycles. The number of hydrogen-bond acceptors (Lipinski definition) is 5. The molecule has 0 amide bonds. The van der Waals surface area contributed by atoms with Gasteiger partial charge in [-0.25, -0.2) is 4.98 Å². The van der Waals surface area contributed by atoms with E-state index in [2.05, 4.69) is 48.7 Å². The van der Waals surface area contributed by atoms with Crippen LogP contribution in [0.15, 0.2) is 28.5 Å². The molecule has 1 aromatic rings. The minimum atomic E-state index is 0.734. The zero-order valence-electron chi connectivity index (χ0n) is 9.25. The number of aromatic nitrogens is 1. The molecule has 0 radical (unpaired) electrons. The predicted octanol–water partition coefficient (Wildman–Crippen LogP) is 1.75. The van der Waals surface area contributed by atoms with Crippen molar-refractivity contribution in [3.8, 4) is 0 Å². The van der Waals surface area contributed by atoms with Gasteiger partial charge in [0.15, 0.2) is 0 Å². The van der Waals surface area contributed by atoms with Gasteiger partial charge in [0.1, 0.15) is 15.8 Å². The van der Waals surface area contributed by atoms with Gasteiger partial charge in [-0.05, 0) is 40.6 Å². The third-order valence-corrected chi connectivity index (χ3v) is 3.16. The smallest absolute Gasteiger partial charge is 0.146 e. The largest absolute Gasteiger partial charge is 0.411 e. The van der Waals surface area contributed by atoms with Crippen molar-refractivity contribution in [1.29, 1.82) is 0 Å². The van der Waals surface area contributed by atoms with E-state index in [4.69, 9.17) is 5.21 Å². The number of amidine groups is 1. The second-order valence-corrected chi connectivity index (χ2v) is 4.85. The van der Waals surface area contributed by atoms with Crippen molar-refractivity contribution >= 4 is 34.6 Å². The fraction of sp³-hybridized carbons (Fsp3) is 0.364. The van der Waals surface area contributed by atoms with Gasteiger partial charge in [0.05, 0.1) is 0 Å². The molecule has 0 atom stereocenters. The van der Waals surface area contributed by atoms with Gasteiger partial charge in [-0.1, -0.05) is 11.2 Å². The summed E-state index contributed by atoms with van der Waals surface area (Å²) < 4.78 is 0.982. The summed E-state index contributed by atoms with van der Waals surface area (Å²) in [6.45, 7) is 2.47. The molecule has 0 spiro atoms. The second-order valence-electron chi connectivity index (χ2n) is 3.75. The zero-order valence-corrected chi connectivity index (χ0v) is 11.4. The maximum absolute atomic E-state index is 8.59. The molecule has 0 bridgehead atoms. The topological polar surface area (TPSA) is 61.1 Å². The van der Waals surface area contributed by atoms with Crippen LogP contribution in [0.4, 0.5) is 0 Å². The first-order valence-electron chi connectivity index (χ1n) is 5.37. The van der Waals surface area contributed by atoms with E-state index < -0.39 is 0 Å². The molecule has 0 aromatic carbocycles. The Morgan fingerprint density at radius 3 is 3.12 bits per heavy atom. The molecule has 6 heteroatoms. The van der Waals surface area contributed by atoms with Crippen molar-refractivity contribution in [2.24, 2.45) is 10.1 Å². The van der Waals surface area contributed by atoms with Crippen molar-refractivity contribution < 1.29 is 5.21 Å². The van der Waals surface area contributed by atoms with Gasteiger partial charge in [0, 0.05) is 25.8 Å². The van der Waals surface area contributed by atoms with Crippen LogP contribution in [-0.2, 0) is 6.54 Å². The molecule has 0 unspecified atom stereocenters. The molecular formula is C11H13IN4O. The summed E-state index contributed by atoms with van der Waals surface area (Å²) in [6.07, 6.45) is 4.28. The lowest BCUT2D eigenvalue weighted by molar-refractivity contribution is 0.320. The lowest BCUT2D eigenvalue weighted by Gasteiger charge is -2.27. The van der Waals surface area contributed by atoms with E-state index in [1.807, 2.05) is 12.3 Å². The highest BCUT2D eigenvalue weighted by Gasteiger charge is 2.14. The first kappa shape index (κ1) is 12.3. The first-order chi connectivity index (χ1) is 8.29. The van der Waals surface area contributed by atoms with E-state index in [-0.39, 0.29) is 0 Å². The summed E-state index contributed by atoms with van der Waals surface area (Å²) in [5.74, 6) is 0.734. The molecule has 1 N–H and O–H groups in total. The number of oxime groups is 1. The van der Waals surface area contributed by atoms with Gasteiger partial charge in [-0.3, -0.25) is 4.99 Å². The molecule has 1 aliphatic rings. The second kappa shape index (κ2) is 5.95. The third kappa shape index (κ3) is 3.39. The number of aliphatic imine (C=N–C) groups is 1. The van der Waals surface area contributed by atoms with Crippen LogP contribution in [0, 0.1) is 3.70 Å². The number of nitrogens with zero attached hydrogens (tertiary/aromatic N) is 4. The Morgan fingerprint density at radius 2 is 2.41 bits per heavy atom. The number of rotatable bonds is 3. The van der Waals surface area contributed by atoms with Crippen molar-refractivity contribution in [3.63, 3.8) is 0 Å². The average Bonchev–Trinajstić information content (AvgIpc) is 2.35. The Hall–Kier alpha value is -1.18. The van der Waals surface area contributed by atoms with E-state index in [9.17, 15) is 0 Å². The molecule has 0 saturated carbocycles. The third-order valence-electron chi connectivity index (χ3n) is 2.52. The minimum Gasteiger partial charge on any atom is -0.411 e. The molecule has 0 saturated heterocycles. The average molecular weight is 344 g/mol. The van der Waals surface area contributed by atoms with Crippen molar-refractivity contribution in [1.82, 2.24) is 9.88 Å². The fourth-order valence-electron chi connectivity index (χ4n) is 1.72. The number of halogens is 1. The quantitative estimate of drug-likeness (QED) is 0.299. The molecule has 5 nitrogen and oxygen atoms in total. The van der Waals surface area contributed by atoms with Crippen LogP contribution < -0.4 is 0 Å². The predicted molar refractivity (Wildman–Crippen MR) is 74.6 cm³/mol.